The van der Waals surface area contributed by atoms with Gasteiger partial charge < -0.3 is 5.32 Å². The minimum atomic E-state index is -0.280. The summed E-state index contributed by atoms with van der Waals surface area (Å²) in [6, 6.07) is 24.6. The number of hydrogen-bond acceptors (Lipinski definition) is 4. The van der Waals surface area contributed by atoms with Crippen molar-refractivity contribution in [1.82, 2.24) is 14.8 Å². The van der Waals surface area contributed by atoms with E-state index in [1.165, 1.54) is 17.7 Å². The van der Waals surface area contributed by atoms with E-state index in [4.69, 9.17) is 0 Å². The number of nitrogens with one attached hydrogen (secondary N) is 2. The summed E-state index contributed by atoms with van der Waals surface area (Å²) < 4.78 is 15.4. The molecule has 172 valence electrons. The molecule has 1 aromatic heterocycles. The maximum Gasteiger partial charge on any atom is 0.250 e. The number of anilines is 2. The molecule has 2 heterocycles. The van der Waals surface area contributed by atoms with E-state index < -0.39 is 0 Å². The molecular weight excluding hydrogens is 429 g/mol. The minimum Gasteiger partial charge on any atom is -0.347 e. The molecule has 0 saturated heterocycles. The van der Waals surface area contributed by atoms with Gasteiger partial charge in [0.05, 0.1) is 12.1 Å². The molecular formula is C27H26FN5O. The van der Waals surface area contributed by atoms with Crippen LogP contribution in [0.1, 0.15) is 47.2 Å². The molecule has 6 nitrogen and oxygen atoms in total. The van der Waals surface area contributed by atoms with E-state index in [0.29, 0.717) is 25.2 Å². The Hall–Kier alpha value is -4.00. The molecule has 34 heavy (non-hydrogen) atoms. The average molecular weight is 456 g/mol. The van der Waals surface area contributed by atoms with Gasteiger partial charge in [0.25, 0.3) is 5.95 Å². The summed E-state index contributed by atoms with van der Waals surface area (Å²) >= 11 is 0. The number of benzene rings is 3. The second kappa shape index (κ2) is 9.47. The van der Waals surface area contributed by atoms with Gasteiger partial charge in [-0.1, -0.05) is 72.3 Å². The third-order valence-electron chi connectivity index (χ3n) is 6.16. The van der Waals surface area contributed by atoms with Crippen LogP contribution in [0.2, 0.25) is 0 Å². The second-order valence-electron chi connectivity index (χ2n) is 8.65. The Balaban J connectivity index is 1.38. The van der Waals surface area contributed by atoms with Gasteiger partial charge in [0.2, 0.25) is 11.9 Å². The quantitative estimate of drug-likeness (QED) is 0.406. The van der Waals surface area contributed by atoms with Crippen LogP contribution >= 0.6 is 0 Å². The van der Waals surface area contributed by atoms with E-state index >= 15 is 0 Å². The number of rotatable bonds is 6. The molecule has 7 heteroatoms. The third kappa shape index (κ3) is 4.83. The SMILES string of the molecule is Cc1ccc([C@@H]2C[C@H](c3ccc(F)cc3)n3nc(NC(=O)CCc4ccccc4)nc3N2)cc1. The van der Waals surface area contributed by atoms with Crippen molar-refractivity contribution < 1.29 is 9.18 Å². The molecule has 0 aliphatic carbocycles. The number of carbonyl (C=O) groups is 1. The molecule has 0 spiro atoms. The van der Waals surface area contributed by atoms with Gasteiger partial charge in [0.15, 0.2) is 0 Å². The van der Waals surface area contributed by atoms with Crippen LogP contribution in [-0.2, 0) is 11.2 Å². The van der Waals surface area contributed by atoms with Crippen molar-refractivity contribution in [2.45, 2.75) is 38.3 Å². The number of fused-ring (bicyclic) bond motifs is 1. The van der Waals surface area contributed by atoms with Crippen molar-refractivity contribution in [1.29, 1.82) is 0 Å². The Labute approximate surface area is 197 Å². The largest absolute Gasteiger partial charge is 0.347 e. The molecule has 5 rings (SSSR count). The Morgan fingerprint density at radius 2 is 1.74 bits per heavy atom. The molecule has 1 aliphatic heterocycles. The molecule has 0 unspecified atom stereocenters. The molecule has 0 bridgehead atoms. The number of aryl methyl sites for hydroxylation is 2. The van der Waals surface area contributed by atoms with Gasteiger partial charge in [-0.25, -0.2) is 9.07 Å². The average Bonchev–Trinajstić information content (AvgIpc) is 3.26. The first-order valence-electron chi connectivity index (χ1n) is 11.4. The summed E-state index contributed by atoms with van der Waals surface area (Å²) in [5.74, 6) is 0.417. The van der Waals surface area contributed by atoms with Gasteiger partial charge >= 0.3 is 0 Å². The summed E-state index contributed by atoms with van der Waals surface area (Å²) in [4.78, 5) is 17.1. The first-order chi connectivity index (χ1) is 16.5. The zero-order chi connectivity index (χ0) is 23.5. The van der Waals surface area contributed by atoms with Crippen LogP contribution in [0.3, 0.4) is 0 Å². The van der Waals surface area contributed by atoms with Crippen LogP contribution in [0.15, 0.2) is 78.9 Å². The van der Waals surface area contributed by atoms with Crippen LogP contribution in [0.4, 0.5) is 16.3 Å². The standard InChI is InChI=1S/C27H26FN5O/c1-18-7-10-20(11-8-18)23-17-24(21-12-14-22(28)15-13-21)33-27(29-23)31-26(32-33)30-25(34)16-9-19-5-3-2-4-6-19/h2-8,10-15,23-24H,9,16-17H2,1H3,(H2,29,30,31,32,34)/t23-,24+/m0/s1. The van der Waals surface area contributed by atoms with E-state index in [9.17, 15) is 9.18 Å². The molecule has 0 saturated carbocycles. The summed E-state index contributed by atoms with van der Waals surface area (Å²) in [6.45, 7) is 2.06. The van der Waals surface area contributed by atoms with E-state index in [-0.39, 0.29) is 29.8 Å². The maximum absolute atomic E-state index is 13.6. The molecule has 2 atom stereocenters. The van der Waals surface area contributed by atoms with E-state index in [2.05, 4.69) is 51.9 Å². The van der Waals surface area contributed by atoms with Crippen molar-refractivity contribution >= 4 is 17.8 Å². The summed E-state index contributed by atoms with van der Waals surface area (Å²) in [5, 5.41) is 10.9. The van der Waals surface area contributed by atoms with Gasteiger partial charge in [-0.3, -0.25) is 10.1 Å². The van der Waals surface area contributed by atoms with Crippen LogP contribution in [0, 0.1) is 12.7 Å². The fourth-order valence-corrected chi connectivity index (χ4v) is 4.30. The minimum absolute atomic E-state index is 0.00832. The van der Waals surface area contributed by atoms with Crippen LogP contribution < -0.4 is 10.6 Å². The monoisotopic (exact) mass is 455 g/mol. The van der Waals surface area contributed by atoms with Crippen LogP contribution in [0.5, 0.6) is 0 Å². The predicted molar refractivity (Wildman–Crippen MR) is 130 cm³/mol. The van der Waals surface area contributed by atoms with Gasteiger partial charge in [-0.15, -0.1) is 5.10 Å². The lowest BCUT2D eigenvalue weighted by Gasteiger charge is -2.31. The first kappa shape index (κ1) is 21.8. The highest BCUT2D eigenvalue weighted by atomic mass is 19.1. The second-order valence-corrected chi connectivity index (χ2v) is 8.65. The fourth-order valence-electron chi connectivity index (χ4n) is 4.30. The highest BCUT2D eigenvalue weighted by Gasteiger charge is 2.31. The Kier molecular flexibility index (Phi) is 6.08. The van der Waals surface area contributed by atoms with Gasteiger partial charge in [0, 0.05) is 6.42 Å². The summed E-state index contributed by atoms with van der Waals surface area (Å²) in [5.41, 5.74) is 4.38. The van der Waals surface area contributed by atoms with Crippen molar-refractivity contribution in [3.8, 4) is 0 Å². The number of hydrogen-bond donors (Lipinski definition) is 2. The van der Waals surface area contributed by atoms with Crippen molar-refractivity contribution in [2.24, 2.45) is 0 Å². The zero-order valence-corrected chi connectivity index (χ0v) is 18.9. The Morgan fingerprint density at radius 3 is 2.47 bits per heavy atom. The number of aromatic nitrogens is 3. The molecule has 1 amide bonds. The zero-order valence-electron chi connectivity index (χ0n) is 18.9. The van der Waals surface area contributed by atoms with Crippen molar-refractivity contribution in [3.05, 3.63) is 107 Å². The molecule has 4 aromatic rings. The molecule has 3 aromatic carbocycles. The Morgan fingerprint density at radius 1 is 1.03 bits per heavy atom. The lowest BCUT2D eigenvalue weighted by atomic mass is 9.93. The highest BCUT2D eigenvalue weighted by molar-refractivity contribution is 5.89. The van der Waals surface area contributed by atoms with Crippen molar-refractivity contribution in [3.63, 3.8) is 0 Å². The van der Waals surface area contributed by atoms with Crippen LogP contribution in [-0.4, -0.2) is 20.7 Å². The first-order valence-corrected chi connectivity index (χ1v) is 11.4. The van der Waals surface area contributed by atoms with E-state index in [1.807, 2.05) is 30.3 Å². The van der Waals surface area contributed by atoms with Gasteiger partial charge in [-0.2, -0.15) is 4.98 Å². The van der Waals surface area contributed by atoms with E-state index in [1.54, 1.807) is 16.8 Å². The predicted octanol–water partition coefficient (Wildman–Crippen LogP) is 5.44. The molecule has 0 fully saturated rings. The lowest BCUT2D eigenvalue weighted by molar-refractivity contribution is -0.116. The van der Waals surface area contributed by atoms with Gasteiger partial charge in [-0.05, 0) is 48.6 Å². The lowest BCUT2D eigenvalue weighted by Crippen LogP contribution is -2.28. The van der Waals surface area contributed by atoms with Crippen LogP contribution in [0.25, 0.3) is 0 Å². The van der Waals surface area contributed by atoms with Crippen molar-refractivity contribution in [2.75, 3.05) is 10.6 Å². The molecule has 0 radical (unpaired) electrons. The smallest absolute Gasteiger partial charge is 0.250 e. The number of nitrogens with zero attached hydrogens (tertiary/aromatic N) is 3. The topological polar surface area (TPSA) is 71.8 Å². The molecule has 2 N–H and O–H groups in total. The normalized spacial score (nSPS) is 17.0. The van der Waals surface area contributed by atoms with E-state index in [0.717, 1.165) is 16.7 Å². The summed E-state index contributed by atoms with van der Waals surface area (Å²) in [6.07, 6.45) is 1.70. The maximum atomic E-state index is 13.6. The fraction of sp³-hybridized carbons (Fsp3) is 0.222. The number of amides is 1. The third-order valence-corrected chi connectivity index (χ3v) is 6.16. The highest BCUT2D eigenvalue weighted by Crippen LogP contribution is 2.38. The number of halogens is 1. The van der Waals surface area contributed by atoms with Gasteiger partial charge in [0.1, 0.15) is 5.82 Å². The Bertz CT molecular complexity index is 1270. The molecule has 1 aliphatic rings. The number of carbonyl (C=O) groups excluding carboxylic acids is 1. The summed E-state index contributed by atoms with van der Waals surface area (Å²) in [7, 11) is 0.